The van der Waals surface area contributed by atoms with E-state index >= 15 is 0 Å². The number of nitrogens with zero attached hydrogens (tertiary/aromatic N) is 2. The summed E-state index contributed by atoms with van der Waals surface area (Å²) >= 11 is 6.40. The van der Waals surface area contributed by atoms with Gasteiger partial charge < -0.3 is 10.2 Å². The number of carbonyl (C=O) groups is 2. The van der Waals surface area contributed by atoms with E-state index in [1.165, 1.54) is 24.1 Å². The Morgan fingerprint density at radius 3 is 2.10 bits per heavy atom. The molecule has 3 aromatic carbocycles. The molecule has 0 fully saturated rings. The minimum absolute atomic E-state index is 0.0507. The molecular weight excluding hydrogens is 534 g/mol. The maximum atomic E-state index is 14.0. The maximum Gasteiger partial charge on any atom is 0.264 e. The Labute approximate surface area is 236 Å². The number of rotatable bonds is 11. The van der Waals surface area contributed by atoms with Crippen LogP contribution in [0, 0.1) is 6.92 Å². The fraction of sp³-hybridized carbons (Fsp3) is 0.333. The number of halogens is 1. The van der Waals surface area contributed by atoms with E-state index in [-0.39, 0.29) is 23.3 Å². The predicted octanol–water partition coefficient (Wildman–Crippen LogP) is 5.52. The topological polar surface area (TPSA) is 86.8 Å². The molecule has 1 atom stereocenters. The fourth-order valence-corrected chi connectivity index (χ4v) is 5.90. The molecule has 208 valence electrons. The van der Waals surface area contributed by atoms with Gasteiger partial charge in [-0.1, -0.05) is 80.4 Å². The quantitative estimate of drug-likeness (QED) is 0.329. The smallest absolute Gasteiger partial charge is 0.264 e. The SMILES string of the molecule is CC[C@@H](C(=O)NC)N(Cc1ccccc1Cl)C(=O)CN(c1ccc(C(C)C)cc1)S(=O)(=O)c1ccc(C)cc1. The summed E-state index contributed by atoms with van der Waals surface area (Å²) in [6, 6.07) is 19.9. The van der Waals surface area contributed by atoms with Crippen molar-refractivity contribution in [2.24, 2.45) is 0 Å². The van der Waals surface area contributed by atoms with E-state index in [2.05, 4.69) is 19.2 Å². The lowest BCUT2D eigenvalue weighted by atomic mass is 10.0. The second-order valence-corrected chi connectivity index (χ2v) is 12.0. The molecule has 0 aliphatic heterocycles. The monoisotopic (exact) mass is 569 g/mol. The van der Waals surface area contributed by atoms with E-state index in [4.69, 9.17) is 11.6 Å². The van der Waals surface area contributed by atoms with Crippen molar-refractivity contribution in [3.05, 3.63) is 94.5 Å². The summed E-state index contributed by atoms with van der Waals surface area (Å²) in [5, 5.41) is 3.07. The van der Waals surface area contributed by atoms with Crippen molar-refractivity contribution >= 4 is 39.1 Å². The number of amides is 2. The molecule has 0 aliphatic carbocycles. The Hall–Kier alpha value is -3.36. The second-order valence-electron chi connectivity index (χ2n) is 9.72. The third-order valence-electron chi connectivity index (χ3n) is 6.67. The standard InChI is InChI=1S/C30H36ClN3O4S/c1-6-28(30(36)32-5)33(19-24-9-7-8-10-27(24)31)29(35)20-34(25-15-13-23(14-16-25)21(2)3)39(37,38)26-17-11-22(4)12-18-26/h7-18,21,28H,6,19-20H2,1-5H3,(H,32,36)/t28-/m0/s1. The van der Waals surface area contributed by atoms with Crippen LogP contribution < -0.4 is 9.62 Å². The molecule has 0 unspecified atom stereocenters. The van der Waals surface area contributed by atoms with Crippen LogP contribution >= 0.6 is 11.6 Å². The number of nitrogens with one attached hydrogen (secondary N) is 1. The number of anilines is 1. The van der Waals surface area contributed by atoms with Gasteiger partial charge in [-0.2, -0.15) is 0 Å². The zero-order valence-corrected chi connectivity index (χ0v) is 24.6. The summed E-state index contributed by atoms with van der Waals surface area (Å²) < 4.78 is 28.9. The van der Waals surface area contributed by atoms with Gasteiger partial charge in [-0.05, 0) is 60.7 Å². The molecule has 0 heterocycles. The Kier molecular flexibility index (Phi) is 10.2. The van der Waals surface area contributed by atoms with Crippen LogP contribution in [0.3, 0.4) is 0 Å². The van der Waals surface area contributed by atoms with Crippen LogP contribution in [-0.4, -0.2) is 44.8 Å². The minimum atomic E-state index is -4.11. The molecule has 0 spiro atoms. The molecule has 3 rings (SSSR count). The summed E-state index contributed by atoms with van der Waals surface area (Å²) in [5.41, 5.74) is 2.98. The lowest BCUT2D eigenvalue weighted by molar-refractivity contribution is -0.140. The van der Waals surface area contributed by atoms with Crippen molar-refractivity contribution in [1.82, 2.24) is 10.2 Å². The van der Waals surface area contributed by atoms with E-state index in [9.17, 15) is 18.0 Å². The molecule has 0 aliphatic rings. The summed E-state index contributed by atoms with van der Waals surface area (Å²) in [6.45, 7) is 7.34. The highest BCUT2D eigenvalue weighted by atomic mass is 35.5. The first-order valence-electron chi connectivity index (χ1n) is 12.9. The highest BCUT2D eigenvalue weighted by Crippen LogP contribution is 2.27. The Bertz CT molecular complexity index is 1390. The molecule has 2 amide bonds. The second kappa shape index (κ2) is 13.1. The maximum absolute atomic E-state index is 14.0. The van der Waals surface area contributed by atoms with E-state index < -0.39 is 28.5 Å². The van der Waals surface area contributed by atoms with Gasteiger partial charge in [0.05, 0.1) is 10.6 Å². The average molecular weight is 570 g/mol. The van der Waals surface area contributed by atoms with Crippen molar-refractivity contribution < 1.29 is 18.0 Å². The molecule has 0 saturated heterocycles. The van der Waals surface area contributed by atoms with Crippen LogP contribution in [0.25, 0.3) is 0 Å². The molecule has 0 radical (unpaired) electrons. The number of hydrogen-bond donors (Lipinski definition) is 1. The Balaban J connectivity index is 2.08. The van der Waals surface area contributed by atoms with Crippen molar-refractivity contribution in [2.45, 2.75) is 57.5 Å². The highest BCUT2D eigenvalue weighted by Gasteiger charge is 2.33. The summed E-state index contributed by atoms with van der Waals surface area (Å²) in [5.74, 6) is -0.604. The molecule has 0 aromatic heterocycles. The number of benzene rings is 3. The lowest BCUT2D eigenvalue weighted by Crippen LogP contribution is -2.51. The van der Waals surface area contributed by atoms with Crippen LogP contribution in [0.15, 0.2) is 77.7 Å². The van der Waals surface area contributed by atoms with Gasteiger partial charge in [-0.3, -0.25) is 13.9 Å². The van der Waals surface area contributed by atoms with Crippen molar-refractivity contribution in [1.29, 1.82) is 0 Å². The molecule has 0 saturated carbocycles. The largest absolute Gasteiger partial charge is 0.357 e. The van der Waals surface area contributed by atoms with Gasteiger partial charge in [0.1, 0.15) is 12.6 Å². The van der Waals surface area contributed by atoms with Crippen molar-refractivity contribution in [3.8, 4) is 0 Å². The van der Waals surface area contributed by atoms with Gasteiger partial charge in [-0.15, -0.1) is 0 Å². The first-order chi connectivity index (χ1) is 18.5. The van der Waals surface area contributed by atoms with E-state index in [1.807, 2.05) is 19.1 Å². The number of hydrogen-bond acceptors (Lipinski definition) is 4. The van der Waals surface area contributed by atoms with Crippen LogP contribution in [0.2, 0.25) is 5.02 Å². The molecule has 3 aromatic rings. The molecular formula is C30H36ClN3O4S. The van der Waals surface area contributed by atoms with E-state index in [1.54, 1.807) is 55.5 Å². The molecule has 9 heteroatoms. The van der Waals surface area contributed by atoms with Crippen LogP contribution in [0.4, 0.5) is 5.69 Å². The summed E-state index contributed by atoms with van der Waals surface area (Å²) in [7, 11) is -2.61. The first-order valence-corrected chi connectivity index (χ1v) is 14.7. The Morgan fingerprint density at radius 1 is 0.949 bits per heavy atom. The van der Waals surface area contributed by atoms with Gasteiger partial charge in [0.2, 0.25) is 11.8 Å². The van der Waals surface area contributed by atoms with Gasteiger partial charge in [0, 0.05) is 18.6 Å². The third kappa shape index (κ3) is 7.19. The first kappa shape index (κ1) is 30.2. The van der Waals surface area contributed by atoms with Gasteiger partial charge in [0.15, 0.2) is 0 Å². The number of carbonyl (C=O) groups excluding carboxylic acids is 2. The fourth-order valence-electron chi connectivity index (χ4n) is 4.29. The van der Waals surface area contributed by atoms with Gasteiger partial charge in [-0.25, -0.2) is 8.42 Å². The summed E-state index contributed by atoms with van der Waals surface area (Å²) in [6.07, 6.45) is 0.337. The van der Waals surface area contributed by atoms with Crippen molar-refractivity contribution in [2.75, 3.05) is 17.9 Å². The average Bonchev–Trinajstić information content (AvgIpc) is 2.92. The Morgan fingerprint density at radius 2 is 1.56 bits per heavy atom. The van der Waals surface area contributed by atoms with Crippen LogP contribution in [0.1, 0.15) is 49.8 Å². The minimum Gasteiger partial charge on any atom is -0.357 e. The highest BCUT2D eigenvalue weighted by molar-refractivity contribution is 7.92. The van der Waals surface area contributed by atoms with Crippen LogP contribution in [-0.2, 0) is 26.2 Å². The van der Waals surface area contributed by atoms with E-state index in [0.717, 1.165) is 15.4 Å². The van der Waals surface area contributed by atoms with Crippen LogP contribution in [0.5, 0.6) is 0 Å². The number of likely N-dealkylation sites (N-methyl/N-ethyl adjacent to an activating group) is 1. The third-order valence-corrected chi connectivity index (χ3v) is 8.82. The molecule has 39 heavy (non-hydrogen) atoms. The number of sulfonamides is 1. The van der Waals surface area contributed by atoms with Crippen molar-refractivity contribution in [3.63, 3.8) is 0 Å². The normalized spacial score (nSPS) is 12.2. The lowest BCUT2D eigenvalue weighted by Gasteiger charge is -2.33. The molecule has 1 N–H and O–H groups in total. The number of aryl methyl sites for hydroxylation is 1. The van der Waals surface area contributed by atoms with Gasteiger partial charge >= 0.3 is 0 Å². The zero-order valence-electron chi connectivity index (χ0n) is 23.0. The molecule has 0 bridgehead atoms. The summed E-state index contributed by atoms with van der Waals surface area (Å²) in [4.78, 5) is 28.2. The molecule has 7 nitrogen and oxygen atoms in total. The predicted molar refractivity (Wildman–Crippen MR) is 156 cm³/mol. The van der Waals surface area contributed by atoms with E-state index in [0.29, 0.717) is 22.7 Å². The zero-order chi connectivity index (χ0) is 28.7. The van der Waals surface area contributed by atoms with Gasteiger partial charge in [0.25, 0.3) is 10.0 Å².